The van der Waals surface area contributed by atoms with Crippen molar-refractivity contribution < 1.29 is 0 Å². The fourth-order valence-electron chi connectivity index (χ4n) is 1.90. The molecule has 1 aromatic rings. The molecule has 1 saturated heterocycles. The van der Waals surface area contributed by atoms with Crippen molar-refractivity contribution in [1.82, 2.24) is 5.32 Å². The fourth-order valence-corrected chi connectivity index (χ4v) is 1.90. The van der Waals surface area contributed by atoms with E-state index in [1.807, 2.05) is 18.2 Å². The lowest BCUT2D eigenvalue weighted by Gasteiger charge is -2.24. The molecule has 0 saturated carbocycles. The quantitative estimate of drug-likeness (QED) is 0.712. The van der Waals surface area contributed by atoms with Crippen LogP contribution in [0.3, 0.4) is 0 Å². The third-order valence-corrected chi connectivity index (χ3v) is 2.74. The van der Waals surface area contributed by atoms with Crippen molar-refractivity contribution in [2.45, 2.75) is 18.9 Å². The highest BCUT2D eigenvalue weighted by molar-refractivity contribution is 5.50. The molecule has 15 heavy (non-hydrogen) atoms. The first-order valence-corrected chi connectivity index (χ1v) is 5.42. The minimum absolute atomic E-state index is 0.583. The molecule has 2 nitrogen and oxygen atoms in total. The monoisotopic (exact) mass is 200 g/mol. The smallest absolute Gasteiger partial charge is 0.0354 e. The molecule has 0 radical (unpaired) electrons. The molecular formula is C13H16N2. The van der Waals surface area contributed by atoms with Crippen molar-refractivity contribution in [2.24, 2.45) is 0 Å². The van der Waals surface area contributed by atoms with Gasteiger partial charge in [0.15, 0.2) is 0 Å². The maximum Gasteiger partial charge on any atom is 0.0354 e. The molecule has 0 spiro atoms. The highest BCUT2D eigenvalue weighted by Crippen LogP contribution is 2.14. The number of hydrogen-bond donors (Lipinski definition) is 2. The second kappa shape index (κ2) is 4.86. The van der Waals surface area contributed by atoms with Gasteiger partial charge in [0.1, 0.15) is 0 Å². The third-order valence-electron chi connectivity index (χ3n) is 2.74. The largest absolute Gasteiger partial charge is 0.382 e. The van der Waals surface area contributed by atoms with Crippen LogP contribution in [0.1, 0.15) is 18.4 Å². The average molecular weight is 200 g/mol. The van der Waals surface area contributed by atoms with Crippen molar-refractivity contribution in [3.05, 3.63) is 29.8 Å². The minimum Gasteiger partial charge on any atom is -0.382 e. The molecule has 0 bridgehead atoms. The number of hydrogen-bond acceptors (Lipinski definition) is 2. The molecule has 1 aliphatic heterocycles. The Labute approximate surface area is 91.1 Å². The average Bonchev–Trinajstić information content (AvgIpc) is 2.31. The topological polar surface area (TPSA) is 24.1 Å². The van der Waals surface area contributed by atoms with Gasteiger partial charge < -0.3 is 10.6 Å². The van der Waals surface area contributed by atoms with Gasteiger partial charge in [0.25, 0.3) is 0 Å². The minimum atomic E-state index is 0.583. The Hall–Kier alpha value is -1.46. The summed E-state index contributed by atoms with van der Waals surface area (Å²) in [4.78, 5) is 0. The highest BCUT2D eigenvalue weighted by Gasteiger charge is 2.11. The van der Waals surface area contributed by atoms with Gasteiger partial charge in [-0.1, -0.05) is 12.0 Å². The maximum atomic E-state index is 5.36. The molecule has 0 amide bonds. The summed E-state index contributed by atoms with van der Waals surface area (Å²) in [6, 6.07) is 8.64. The van der Waals surface area contributed by atoms with Gasteiger partial charge in [-0.3, -0.25) is 0 Å². The number of anilines is 1. The van der Waals surface area contributed by atoms with Crippen LogP contribution in [0.2, 0.25) is 0 Å². The zero-order chi connectivity index (χ0) is 10.5. The molecule has 1 heterocycles. The second-order valence-electron chi connectivity index (χ2n) is 3.89. The van der Waals surface area contributed by atoms with E-state index in [1.54, 1.807) is 0 Å². The molecule has 2 heteroatoms. The first-order valence-electron chi connectivity index (χ1n) is 5.42. The Bertz CT molecular complexity index is 359. The summed E-state index contributed by atoms with van der Waals surface area (Å²) in [5.74, 6) is 2.65. The van der Waals surface area contributed by atoms with Crippen LogP contribution in [0.5, 0.6) is 0 Å². The van der Waals surface area contributed by atoms with Crippen molar-refractivity contribution >= 4 is 5.69 Å². The van der Waals surface area contributed by atoms with Crippen LogP contribution in [0, 0.1) is 12.3 Å². The van der Waals surface area contributed by atoms with E-state index in [0.29, 0.717) is 6.04 Å². The molecule has 1 fully saturated rings. The van der Waals surface area contributed by atoms with Gasteiger partial charge in [-0.05, 0) is 44.1 Å². The van der Waals surface area contributed by atoms with E-state index in [4.69, 9.17) is 6.42 Å². The molecule has 1 aromatic carbocycles. The molecule has 78 valence electrons. The molecule has 2 N–H and O–H groups in total. The summed E-state index contributed by atoms with van der Waals surface area (Å²) in [7, 11) is 0. The van der Waals surface area contributed by atoms with Crippen LogP contribution in [-0.2, 0) is 0 Å². The van der Waals surface area contributed by atoms with E-state index in [9.17, 15) is 0 Å². The van der Waals surface area contributed by atoms with Crippen LogP contribution in [0.15, 0.2) is 24.3 Å². The molecule has 1 aliphatic rings. The molecule has 0 aromatic heterocycles. The van der Waals surface area contributed by atoms with Crippen molar-refractivity contribution in [2.75, 3.05) is 18.4 Å². The predicted octanol–water partition coefficient (Wildman–Crippen LogP) is 1.83. The van der Waals surface area contributed by atoms with E-state index in [1.165, 1.54) is 12.8 Å². The normalized spacial score (nSPS) is 17.0. The van der Waals surface area contributed by atoms with E-state index in [2.05, 4.69) is 22.6 Å². The Morgan fingerprint density at radius 3 is 2.87 bits per heavy atom. The van der Waals surface area contributed by atoms with Crippen LogP contribution in [0.25, 0.3) is 0 Å². The van der Waals surface area contributed by atoms with Crippen LogP contribution >= 0.6 is 0 Å². The van der Waals surface area contributed by atoms with Crippen LogP contribution < -0.4 is 10.6 Å². The van der Waals surface area contributed by atoms with Crippen LogP contribution in [0.4, 0.5) is 5.69 Å². The Morgan fingerprint density at radius 1 is 1.33 bits per heavy atom. The Kier molecular flexibility index (Phi) is 3.26. The predicted molar refractivity (Wildman–Crippen MR) is 63.9 cm³/mol. The van der Waals surface area contributed by atoms with Gasteiger partial charge in [-0.25, -0.2) is 0 Å². The zero-order valence-corrected chi connectivity index (χ0v) is 8.79. The summed E-state index contributed by atoms with van der Waals surface area (Å²) in [5, 5.41) is 6.87. The van der Waals surface area contributed by atoms with Crippen molar-refractivity contribution in [1.29, 1.82) is 0 Å². The summed E-state index contributed by atoms with van der Waals surface area (Å²) >= 11 is 0. The summed E-state index contributed by atoms with van der Waals surface area (Å²) in [6.45, 7) is 2.21. The third kappa shape index (κ3) is 2.74. The van der Waals surface area contributed by atoms with Gasteiger partial charge in [-0.2, -0.15) is 0 Å². The molecule has 2 rings (SSSR count). The number of rotatable bonds is 2. The van der Waals surface area contributed by atoms with Gasteiger partial charge in [-0.15, -0.1) is 6.42 Å². The summed E-state index contributed by atoms with van der Waals surface area (Å²) in [6.07, 6.45) is 7.73. The van der Waals surface area contributed by atoms with E-state index in [0.717, 1.165) is 24.3 Å². The number of nitrogens with one attached hydrogen (secondary N) is 2. The van der Waals surface area contributed by atoms with Gasteiger partial charge >= 0.3 is 0 Å². The van der Waals surface area contributed by atoms with Crippen LogP contribution in [-0.4, -0.2) is 19.1 Å². The Morgan fingerprint density at radius 2 is 2.13 bits per heavy atom. The number of terminal acetylenes is 1. The second-order valence-corrected chi connectivity index (χ2v) is 3.89. The molecular weight excluding hydrogens is 184 g/mol. The zero-order valence-electron chi connectivity index (χ0n) is 8.79. The first-order chi connectivity index (χ1) is 7.38. The summed E-state index contributed by atoms with van der Waals surface area (Å²) in [5.41, 5.74) is 2.08. The van der Waals surface area contributed by atoms with Crippen molar-refractivity contribution in [3.63, 3.8) is 0 Å². The number of piperidine rings is 1. The lowest BCUT2D eigenvalue weighted by Crippen LogP contribution is -2.35. The van der Waals surface area contributed by atoms with E-state index >= 15 is 0 Å². The van der Waals surface area contributed by atoms with Crippen molar-refractivity contribution in [3.8, 4) is 12.3 Å². The SMILES string of the molecule is C#Cc1cccc(NC2CCNCC2)c1. The standard InChI is InChI=1S/C13H16N2/c1-2-11-4-3-5-13(10-11)15-12-6-8-14-9-7-12/h1,3-5,10,12,14-15H,6-9H2. The Balaban J connectivity index is 2.00. The highest BCUT2D eigenvalue weighted by atomic mass is 15.0. The lowest BCUT2D eigenvalue weighted by molar-refractivity contribution is 0.479. The lowest BCUT2D eigenvalue weighted by atomic mass is 10.1. The fraction of sp³-hybridized carbons (Fsp3) is 0.385. The van der Waals surface area contributed by atoms with E-state index in [-0.39, 0.29) is 0 Å². The molecule has 0 aliphatic carbocycles. The first kappa shape index (κ1) is 10.1. The molecule has 0 atom stereocenters. The van der Waals surface area contributed by atoms with Gasteiger partial charge in [0, 0.05) is 17.3 Å². The number of benzene rings is 1. The van der Waals surface area contributed by atoms with Gasteiger partial charge in [0.05, 0.1) is 0 Å². The summed E-state index contributed by atoms with van der Waals surface area (Å²) < 4.78 is 0. The molecule has 0 unspecified atom stereocenters. The van der Waals surface area contributed by atoms with E-state index < -0.39 is 0 Å². The maximum absolute atomic E-state index is 5.36. The van der Waals surface area contributed by atoms with Gasteiger partial charge in [0.2, 0.25) is 0 Å².